The van der Waals surface area contributed by atoms with Crippen molar-refractivity contribution < 1.29 is 9.59 Å². The maximum Gasteiger partial charge on any atom is 0.299 e. The van der Waals surface area contributed by atoms with Gasteiger partial charge in [0.25, 0.3) is 11.7 Å². The molecule has 4 nitrogen and oxygen atoms in total. The molecule has 6 heteroatoms. The van der Waals surface area contributed by atoms with Crippen LogP contribution in [-0.4, -0.2) is 16.7 Å². The van der Waals surface area contributed by atoms with E-state index in [0.717, 1.165) is 4.88 Å². The first-order valence-corrected chi connectivity index (χ1v) is 6.41. The zero-order valence-electron chi connectivity index (χ0n) is 9.09. The van der Waals surface area contributed by atoms with Crippen molar-refractivity contribution >= 4 is 40.3 Å². The van der Waals surface area contributed by atoms with Crippen molar-refractivity contribution in [2.45, 2.75) is 6.54 Å². The van der Waals surface area contributed by atoms with E-state index in [4.69, 9.17) is 11.6 Å². The number of carbonyl (C=O) groups excluding carboxylic acids is 2. The van der Waals surface area contributed by atoms with Crippen molar-refractivity contribution in [1.29, 1.82) is 0 Å². The van der Waals surface area contributed by atoms with Gasteiger partial charge in [0.1, 0.15) is 0 Å². The fourth-order valence-electron chi connectivity index (χ4n) is 1.92. The number of ketones is 1. The summed E-state index contributed by atoms with van der Waals surface area (Å²) < 4.78 is 0.427. The highest BCUT2D eigenvalue weighted by Gasteiger charge is 2.35. The molecule has 2 heterocycles. The van der Waals surface area contributed by atoms with Crippen LogP contribution >= 0.6 is 22.9 Å². The Kier molecular flexibility index (Phi) is 2.65. The van der Waals surface area contributed by atoms with Gasteiger partial charge in [0.15, 0.2) is 4.47 Å². The van der Waals surface area contributed by atoms with E-state index in [1.807, 2.05) is 0 Å². The number of thiazole rings is 1. The van der Waals surface area contributed by atoms with Gasteiger partial charge in [-0.25, -0.2) is 4.98 Å². The van der Waals surface area contributed by atoms with Crippen LogP contribution in [0.25, 0.3) is 0 Å². The van der Waals surface area contributed by atoms with Crippen LogP contribution in [0.4, 0.5) is 5.69 Å². The predicted molar refractivity (Wildman–Crippen MR) is 69.1 cm³/mol. The normalized spacial score (nSPS) is 14.2. The summed E-state index contributed by atoms with van der Waals surface area (Å²) in [7, 11) is 0. The summed E-state index contributed by atoms with van der Waals surface area (Å²) >= 11 is 7.05. The lowest BCUT2D eigenvalue weighted by Crippen LogP contribution is -2.28. The molecule has 1 aliphatic heterocycles. The van der Waals surface area contributed by atoms with Crippen LogP contribution in [0.2, 0.25) is 4.47 Å². The van der Waals surface area contributed by atoms with Gasteiger partial charge in [-0.3, -0.25) is 14.5 Å². The van der Waals surface area contributed by atoms with Crippen LogP contribution in [0.3, 0.4) is 0 Å². The van der Waals surface area contributed by atoms with Gasteiger partial charge in [0, 0.05) is 11.1 Å². The van der Waals surface area contributed by atoms with Gasteiger partial charge in [0.05, 0.1) is 17.8 Å². The number of benzene rings is 1. The van der Waals surface area contributed by atoms with Crippen LogP contribution in [0, 0.1) is 0 Å². The molecule has 0 atom stereocenters. The minimum Gasteiger partial charge on any atom is -0.299 e. The minimum atomic E-state index is -0.499. The Hall–Kier alpha value is -1.72. The molecular weight excluding hydrogens is 272 g/mol. The van der Waals surface area contributed by atoms with Crippen molar-refractivity contribution in [2.75, 3.05) is 4.90 Å². The molecule has 0 saturated carbocycles. The highest BCUT2D eigenvalue weighted by molar-refractivity contribution is 7.15. The minimum absolute atomic E-state index is 0.325. The molecular formula is C12H7ClN2O2S. The van der Waals surface area contributed by atoms with Gasteiger partial charge in [0.2, 0.25) is 0 Å². The number of hydrogen-bond donors (Lipinski definition) is 0. The Morgan fingerprint density at radius 1 is 1.28 bits per heavy atom. The second-order valence-corrected chi connectivity index (χ2v) is 5.51. The van der Waals surface area contributed by atoms with E-state index in [1.165, 1.54) is 16.2 Å². The number of carbonyl (C=O) groups is 2. The number of fused-ring (bicyclic) bond motifs is 1. The van der Waals surface area contributed by atoms with Crippen LogP contribution in [-0.2, 0) is 11.3 Å². The van der Waals surface area contributed by atoms with Crippen LogP contribution in [0.5, 0.6) is 0 Å². The average Bonchev–Trinajstić information content (AvgIpc) is 2.88. The standard InChI is InChI=1S/C12H7ClN2O2S/c13-12-14-5-7(18-12)6-15-9-4-2-1-3-8(9)10(16)11(15)17/h1-5H,6H2. The molecule has 0 aliphatic carbocycles. The molecule has 0 N–H and O–H groups in total. The lowest BCUT2D eigenvalue weighted by molar-refractivity contribution is -0.114. The largest absolute Gasteiger partial charge is 0.299 e. The first kappa shape index (κ1) is 11.4. The van der Waals surface area contributed by atoms with Crippen molar-refractivity contribution in [3.8, 4) is 0 Å². The lowest BCUT2D eigenvalue weighted by Gasteiger charge is -2.14. The van der Waals surface area contributed by atoms with E-state index in [2.05, 4.69) is 4.98 Å². The van der Waals surface area contributed by atoms with E-state index in [1.54, 1.807) is 30.5 Å². The van der Waals surface area contributed by atoms with Crippen molar-refractivity contribution in [3.05, 3.63) is 45.4 Å². The molecule has 1 aliphatic rings. The van der Waals surface area contributed by atoms with Gasteiger partial charge in [-0.15, -0.1) is 11.3 Å². The molecule has 0 spiro atoms. The van der Waals surface area contributed by atoms with E-state index in [-0.39, 0.29) is 0 Å². The maximum absolute atomic E-state index is 11.9. The number of Topliss-reactive ketones (excluding diaryl/α,β-unsaturated/α-hetero) is 1. The van der Waals surface area contributed by atoms with E-state index in [9.17, 15) is 9.59 Å². The molecule has 0 fully saturated rings. The summed E-state index contributed by atoms with van der Waals surface area (Å²) in [5, 5.41) is 0. The predicted octanol–water partition coefficient (Wildman–Crippen LogP) is 2.53. The molecule has 1 aromatic carbocycles. The van der Waals surface area contributed by atoms with E-state index >= 15 is 0 Å². The molecule has 90 valence electrons. The fraction of sp³-hybridized carbons (Fsp3) is 0.0833. The lowest BCUT2D eigenvalue weighted by atomic mass is 10.1. The van der Waals surface area contributed by atoms with Crippen molar-refractivity contribution in [3.63, 3.8) is 0 Å². The second-order valence-electron chi connectivity index (χ2n) is 3.82. The van der Waals surface area contributed by atoms with Crippen molar-refractivity contribution in [2.24, 2.45) is 0 Å². The van der Waals surface area contributed by atoms with Gasteiger partial charge in [-0.05, 0) is 12.1 Å². The monoisotopic (exact) mass is 278 g/mol. The van der Waals surface area contributed by atoms with E-state index < -0.39 is 11.7 Å². The first-order valence-electron chi connectivity index (χ1n) is 5.22. The Bertz CT molecular complexity index is 653. The SMILES string of the molecule is O=C1C(=O)N(Cc2cnc(Cl)s2)c2ccccc21. The summed E-state index contributed by atoms with van der Waals surface area (Å²) in [4.78, 5) is 29.9. The molecule has 0 bridgehead atoms. The fourth-order valence-corrected chi connectivity index (χ4v) is 2.88. The highest BCUT2D eigenvalue weighted by Crippen LogP contribution is 2.31. The summed E-state index contributed by atoms with van der Waals surface area (Å²) in [6.07, 6.45) is 1.62. The summed E-state index contributed by atoms with van der Waals surface area (Å²) in [5.41, 5.74) is 1.11. The van der Waals surface area contributed by atoms with Gasteiger partial charge < -0.3 is 0 Å². The van der Waals surface area contributed by atoms with E-state index in [0.29, 0.717) is 22.3 Å². The zero-order valence-corrected chi connectivity index (χ0v) is 10.7. The number of halogens is 1. The van der Waals surface area contributed by atoms with Crippen molar-refractivity contribution in [1.82, 2.24) is 4.98 Å². The number of rotatable bonds is 2. The molecule has 3 rings (SSSR count). The second kappa shape index (κ2) is 4.19. The third-order valence-corrected chi connectivity index (χ3v) is 3.82. The Labute approximate surface area is 112 Å². The van der Waals surface area contributed by atoms with Crippen LogP contribution < -0.4 is 4.90 Å². The van der Waals surface area contributed by atoms with Gasteiger partial charge in [-0.1, -0.05) is 23.7 Å². The number of nitrogens with zero attached hydrogens (tertiary/aromatic N) is 2. The summed E-state index contributed by atoms with van der Waals surface area (Å²) in [5.74, 6) is -0.957. The molecule has 18 heavy (non-hydrogen) atoms. The third-order valence-electron chi connectivity index (χ3n) is 2.72. The number of hydrogen-bond acceptors (Lipinski definition) is 4. The smallest absolute Gasteiger partial charge is 0.299 e. The topological polar surface area (TPSA) is 50.3 Å². The number of anilines is 1. The molecule has 0 saturated heterocycles. The molecule has 0 radical (unpaired) electrons. The third kappa shape index (κ3) is 1.72. The molecule has 1 aromatic heterocycles. The number of amides is 1. The van der Waals surface area contributed by atoms with Crippen LogP contribution in [0.15, 0.2) is 30.5 Å². The quantitative estimate of drug-likeness (QED) is 0.793. The first-order chi connectivity index (χ1) is 8.66. The summed E-state index contributed by atoms with van der Waals surface area (Å²) in [6.45, 7) is 0.325. The number of aromatic nitrogens is 1. The molecule has 0 unspecified atom stereocenters. The maximum atomic E-state index is 11.9. The highest BCUT2D eigenvalue weighted by atomic mass is 35.5. The van der Waals surface area contributed by atoms with Gasteiger partial charge in [-0.2, -0.15) is 0 Å². The zero-order chi connectivity index (χ0) is 12.7. The Balaban J connectivity index is 1.98. The average molecular weight is 279 g/mol. The summed E-state index contributed by atoms with van der Waals surface area (Å²) in [6, 6.07) is 6.98. The molecule has 2 aromatic rings. The van der Waals surface area contributed by atoms with Crippen LogP contribution in [0.1, 0.15) is 15.2 Å². The number of para-hydroxylation sites is 1. The van der Waals surface area contributed by atoms with Gasteiger partial charge >= 0.3 is 0 Å². The Morgan fingerprint density at radius 2 is 2.06 bits per heavy atom. The molecule has 1 amide bonds. The Morgan fingerprint density at radius 3 is 2.78 bits per heavy atom.